The Morgan fingerprint density at radius 3 is 3.00 bits per heavy atom. The van der Waals surface area contributed by atoms with Gasteiger partial charge in [-0.2, -0.15) is 0 Å². The van der Waals surface area contributed by atoms with Gasteiger partial charge in [-0.25, -0.2) is 4.79 Å². The number of rotatable bonds is 5. The van der Waals surface area contributed by atoms with Crippen molar-refractivity contribution in [2.45, 2.75) is 25.4 Å². The molecule has 1 aliphatic rings. The van der Waals surface area contributed by atoms with Crippen molar-refractivity contribution in [1.29, 1.82) is 0 Å². The van der Waals surface area contributed by atoms with Crippen molar-refractivity contribution in [2.75, 3.05) is 13.7 Å². The summed E-state index contributed by atoms with van der Waals surface area (Å²) in [6, 6.07) is 3.52. The molecule has 1 fully saturated rings. The van der Waals surface area contributed by atoms with E-state index < -0.39 is 0 Å². The first-order chi connectivity index (χ1) is 8.20. The highest BCUT2D eigenvalue weighted by atomic mass is 16.5. The molecule has 0 bridgehead atoms. The van der Waals surface area contributed by atoms with Crippen molar-refractivity contribution in [2.24, 2.45) is 5.92 Å². The molecule has 0 saturated heterocycles. The van der Waals surface area contributed by atoms with E-state index in [0.29, 0.717) is 24.3 Å². The zero-order valence-corrected chi connectivity index (χ0v) is 10.1. The second kappa shape index (κ2) is 5.23. The zero-order valence-electron chi connectivity index (χ0n) is 10.1. The Kier molecular flexibility index (Phi) is 3.68. The van der Waals surface area contributed by atoms with E-state index >= 15 is 0 Å². The third kappa shape index (κ3) is 3.23. The van der Waals surface area contributed by atoms with Crippen molar-refractivity contribution in [3.63, 3.8) is 0 Å². The molecule has 0 spiro atoms. The lowest BCUT2D eigenvalue weighted by Gasteiger charge is -2.16. The molecule has 0 radical (unpaired) electrons. The first kappa shape index (κ1) is 12.0. The number of carbonyl (C=O) groups excluding carboxylic acids is 1. The fraction of sp³-hybridized carbons (Fsp3) is 0.583. The Morgan fingerprint density at radius 1 is 1.71 bits per heavy atom. The predicted octanol–water partition coefficient (Wildman–Crippen LogP) is 1.67. The van der Waals surface area contributed by atoms with Gasteiger partial charge in [0.05, 0.1) is 12.9 Å². The maximum atomic E-state index is 11.7. The highest BCUT2D eigenvalue weighted by Gasteiger charge is 2.34. The lowest BCUT2D eigenvalue weighted by Crippen LogP contribution is -2.40. The fourth-order valence-electron chi connectivity index (χ4n) is 1.74. The predicted molar refractivity (Wildman–Crippen MR) is 62.6 cm³/mol. The third-order valence-electron chi connectivity index (χ3n) is 2.95. The largest absolute Gasteiger partial charge is 0.467 e. The molecule has 1 heterocycles. The van der Waals surface area contributed by atoms with E-state index in [1.165, 1.54) is 0 Å². The molecule has 2 N–H and O–H groups in total. The van der Waals surface area contributed by atoms with Gasteiger partial charge in [-0.15, -0.1) is 0 Å². The zero-order chi connectivity index (χ0) is 12.3. The van der Waals surface area contributed by atoms with Gasteiger partial charge in [0, 0.05) is 13.2 Å². The average molecular weight is 238 g/mol. The number of furan rings is 1. The Hall–Kier alpha value is -1.49. The van der Waals surface area contributed by atoms with Gasteiger partial charge in [-0.05, 0) is 24.5 Å². The molecule has 0 unspecified atom stereocenters. The molecule has 2 amide bonds. The van der Waals surface area contributed by atoms with Crippen molar-refractivity contribution < 1.29 is 13.9 Å². The Labute approximate surface area is 101 Å². The summed E-state index contributed by atoms with van der Waals surface area (Å²) in [6.45, 7) is 2.51. The summed E-state index contributed by atoms with van der Waals surface area (Å²) in [4.78, 5) is 11.7. The van der Waals surface area contributed by atoms with E-state index in [9.17, 15) is 4.79 Å². The van der Waals surface area contributed by atoms with E-state index in [1.54, 1.807) is 19.4 Å². The highest BCUT2D eigenvalue weighted by molar-refractivity contribution is 5.75. The lowest BCUT2D eigenvalue weighted by molar-refractivity contribution is 0.157. The van der Waals surface area contributed by atoms with Crippen LogP contribution in [0.3, 0.4) is 0 Å². The van der Waals surface area contributed by atoms with Gasteiger partial charge >= 0.3 is 6.03 Å². The Morgan fingerprint density at radius 2 is 2.47 bits per heavy atom. The molecule has 17 heavy (non-hydrogen) atoms. The van der Waals surface area contributed by atoms with Gasteiger partial charge in [-0.3, -0.25) is 0 Å². The van der Waals surface area contributed by atoms with E-state index in [0.717, 1.165) is 6.42 Å². The summed E-state index contributed by atoms with van der Waals surface area (Å²) in [7, 11) is 1.60. The van der Waals surface area contributed by atoms with Crippen molar-refractivity contribution >= 4 is 6.03 Å². The van der Waals surface area contributed by atoms with Crippen LogP contribution in [-0.2, 0) is 4.74 Å². The van der Waals surface area contributed by atoms with Gasteiger partial charge < -0.3 is 19.8 Å². The topological polar surface area (TPSA) is 63.5 Å². The summed E-state index contributed by atoms with van der Waals surface area (Å²) >= 11 is 0. The van der Waals surface area contributed by atoms with Gasteiger partial charge in [0.25, 0.3) is 0 Å². The van der Waals surface area contributed by atoms with Gasteiger partial charge in [0.1, 0.15) is 11.8 Å². The van der Waals surface area contributed by atoms with Crippen molar-refractivity contribution in [3.05, 3.63) is 24.2 Å². The van der Waals surface area contributed by atoms with Crippen LogP contribution in [0.15, 0.2) is 22.8 Å². The van der Waals surface area contributed by atoms with Gasteiger partial charge in [0.15, 0.2) is 0 Å². The van der Waals surface area contributed by atoms with E-state index in [-0.39, 0.29) is 12.1 Å². The molecule has 2 rings (SSSR count). The highest BCUT2D eigenvalue weighted by Crippen LogP contribution is 2.28. The second-order valence-electron chi connectivity index (χ2n) is 4.46. The normalized spacial score (nSPS) is 24.1. The van der Waals surface area contributed by atoms with Crippen LogP contribution >= 0.6 is 0 Å². The van der Waals surface area contributed by atoms with Crippen LogP contribution in [0.1, 0.15) is 25.1 Å². The first-order valence-electron chi connectivity index (χ1n) is 5.80. The minimum absolute atomic E-state index is 0.169. The third-order valence-corrected chi connectivity index (χ3v) is 2.95. The molecular weight excluding hydrogens is 220 g/mol. The number of urea groups is 1. The van der Waals surface area contributed by atoms with Gasteiger partial charge in [-0.1, -0.05) is 6.92 Å². The quantitative estimate of drug-likeness (QED) is 0.820. The first-order valence-corrected chi connectivity index (χ1v) is 5.80. The number of amides is 2. The average Bonchev–Trinajstić information content (AvgIpc) is 2.82. The summed E-state index contributed by atoms with van der Waals surface area (Å²) < 4.78 is 10.3. The Balaban J connectivity index is 1.86. The molecule has 1 saturated carbocycles. The van der Waals surface area contributed by atoms with Crippen LogP contribution in [0, 0.1) is 5.92 Å². The van der Waals surface area contributed by atoms with Crippen LogP contribution < -0.4 is 10.6 Å². The number of hydrogen-bond donors (Lipinski definition) is 2. The molecule has 94 valence electrons. The van der Waals surface area contributed by atoms with Crippen LogP contribution in [-0.4, -0.2) is 25.8 Å². The van der Waals surface area contributed by atoms with Crippen molar-refractivity contribution in [1.82, 2.24) is 10.6 Å². The second-order valence-corrected chi connectivity index (χ2v) is 4.46. The van der Waals surface area contributed by atoms with E-state index in [1.807, 2.05) is 6.07 Å². The van der Waals surface area contributed by atoms with Crippen LogP contribution in [0.25, 0.3) is 0 Å². The SMILES string of the molecule is COC[C@H](NC(=O)N[C@@H]1C[C@H]1C)c1ccco1. The smallest absolute Gasteiger partial charge is 0.315 e. The van der Waals surface area contributed by atoms with E-state index in [2.05, 4.69) is 17.6 Å². The summed E-state index contributed by atoms with van der Waals surface area (Å²) in [5.74, 6) is 1.29. The van der Waals surface area contributed by atoms with Crippen LogP contribution in [0.2, 0.25) is 0 Å². The summed E-state index contributed by atoms with van der Waals surface area (Å²) in [6.07, 6.45) is 2.64. The number of carbonyl (C=O) groups is 1. The summed E-state index contributed by atoms with van der Waals surface area (Å²) in [5.41, 5.74) is 0. The molecule has 0 aromatic carbocycles. The molecular formula is C12H18N2O3. The van der Waals surface area contributed by atoms with Crippen LogP contribution in [0.4, 0.5) is 4.79 Å². The van der Waals surface area contributed by atoms with Crippen LogP contribution in [0.5, 0.6) is 0 Å². The standard InChI is InChI=1S/C12H18N2O3/c1-8-6-9(8)13-12(15)14-10(7-16-2)11-4-3-5-17-11/h3-5,8-10H,6-7H2,1-2H3,(H2,13,14,15)/t8-,9-,10+/m1/s1. The summed E-state index contributed by atoms with van der Waals surface area (Å²) in [5, 5.41) is 5.75. The van der Waals surface area contributed by atoms with Crippen molar-refractivity contribution in [3.8, 4) is 0 Å². The Bertz CT molecular complexity index is 364. The van der Waals surface area contributed by atoms with Gasteiger partial charge in [0.2, 0.25) is 0 Å². The maximum Gasteiger partial charge on any atom is 0.315 e. The molecule has 3 atom stereocenters. The maximum absolute atomic E-state index is 11.7. The number of methoxy groups -OCH3 is 1. The molecule has 0 aliphatic heterocycles. The molecule has 1 aromatic heterocycles. The lowest BCUT2D eigenvalue weighted by atomic mass is 10.2. The fourth-order valence-corrected chi connectivity index (χ4v) is 1.74. The number of nitrogens with one attached hydrogen (secondary N) is 2. The molecule has 5 nitrogen and oxygen atoms in total. The number of ether oxygens (including phenoxy) is 1. The van der Waals surface area contributed by atoms with E-state index in [4.69, 9.17) is 9.15 Å². The molecule has 1 aliphatic carbocycles. The number of hydrogen-bond acceptors (Lipinski definition) is 3. The minimum atomic E-state index is -0.246. The molecule has 5 heteroatoms. The molecule has 1 aromatic rings. The monoisotopic (exact) mass is 238 g/mol. The minimum Gasteiger partial charge on any atom is -0.467 e.